The van der Waals surface area contributed by atoms with Gasteiger partial charge in [0.05, 0.1) is 15.8 Å². The SMILES string of the molecule is CCNc1nc(-c2cncs2)nc2sc(CC)cc12. The monoisotopic (exact) mass is 290 g/mol. The molecule has 0 radical (unpaired) electrons. The lowest BCUT2D eigenvalue weighted by Crippen LogP contribution is -2.01. The lowest BCUT2D eigenvalue weighted by atomic mass is 10.3. The highest BCUT2D eigenvalue weighted by Crippen LogP contribution is 2.32. The van der Waals surface area contributed by atoms with Gasteiger partial charge in [-0.15, -0.1) is 22.7 Å². The summed E-state index contributed by atoms with van der Waals surface area (Å²) in [6.45, 7) is 5.09. The number of nitrogens with one attached hydrogen (secondary N) is 1. The molecule has 98 valence electrons. The minimum Gasteiger partial charge on any atom is -0.370 e. The minimum atomic E-state index is 0.760. The summed E-state index contributed by atoms with van der Waals surface area (Å²) in [4.78, 5) is 16.8. The predicted octanol–water partition coefficient (Wildman–Crippen LogP) is 3.81. The van der Waals surface area contributed by atoms with Gasteiger partial charge in [-0.2, -0.15) is 0 Å². The van der Waals surface area contributed by atoms with E-state index in [-0.39, 0.29) is 0 Å². The fourth-order valence-corrected chi connectivity index (χ4v) is 3.40. The molecular weight excluding hydrogens is 276 g/mol. The number of aryl methyl sites for hydroxylation is 1. The van der Waals surface area contributed by atoms with E-state index in [4.69, 9.17) is 0 Å². The van der Waals surface area contributed by atoms with E-state index < -0.39 is 0 Å². The summed E-state index contributed by atoms with van der Waals surface area (Å²) in [5.41, 5.74) is 1.81. The topological polar surface area (TPSA) is 50.7 Å². The zero-order valence-corrected chi connectivity index (χ0v) is 12.4. The standard InChI is InChI=1S/C13H14N4S2/c1-3-8-5-9-11(15-4-2)16-12(17-13(9)19-8)10-6-14-7-18-10/h5-7H,3-4H2,1-2H3,(H,15,16,17). The van der Waals surface area contributed by atoms with Crippen LogP contribution in [0.4, 0.5) is 5.82 Å². The van der Waals surface area contributed by atoms with E-state index in [2.05, 4.69) is 40.2 Å². The number of thiophene rings is 1. The molecule has 3 heterocycles. The smallest absolute Gasteiger partial charge is 0.174 e. The average Bonchev–Trinajstić information content (AvgIpc) is 3.07. The molecule has 0 aliphatic rings. The fraction of sp³-hybridized carbons (Fsp3) is 0.308. The molecule has 3 rings (SSSR count). The van der Waals surface area contributed by atoms with E-state index in [0.29, 0.717) is 0 Å². The number of anilines is 1. The predicted molar refractivity (Wildman–Crippen MR) is 82.1 cm³/mol. The Kier molecular flexibility index (Phi) is 3.44. The van der Waals surface area contributed by atoms with Crippen molar-refractivity contribution in [2.75, 3.05) is 11.9 Å². The zero-order valence-electron chi connectivity index (χ0n) is 10.8. The van der Waals surface area contributed by atoms with Gasteiger partial charge in [0.1, 0.15) is 10.6 Å². The molecule has 0 saturated carbocycles. The molecule has 19 heavy (non-hydrogen) atoms. The van der Waals surface area contributed by atoms with Gasteiger partial charge in [0.2, 0.25) is 0 Å². The molecule has 0 atom stereocenters. The molecule has 6 heteroatoms. The third kappa shape index (κ3) is 2.33. The Hall–Kier alpha value is -1.53. The van der Waals surface area contributed by atoms with Crippen LogP contribution in [0, 0.1) is 0 Å². The molecule has 0 fully saturated rings. The minimum absolute atomic E-state index is 0.760. The Balaban J connectivity index is 2.20. The number of rotatable bonds is 4. The molecule has 3 aromatic rings. The van der Waals surface area contributed by atoms with Gasteiger partial charge in [-0.3, -0.25) is 4.98 Å². The molecule has 0 unspecified atom stereocenters. The van der Waals surface area contributed by atoms with Crippen LogP contribution >= 0.6 is 22.7 Å². The molecule has 0 spiro atoms. The van der Waals surface area contributed by atoms with Gasteiger partial charge in [-0.1, -0.05) is 6.92 Å². The van der Waals surface area contributed by atoms with Crippen LogP contribution in [0.3, 0.4) is 0 Å². The molecule has 0 bridgehead atoms. The first-order valence-corrected chi connectivity index (χ1v) is 7.94. The number of hydrogen-bond donors (Lipinski definition) is 1. The van der Waals surface area contributed by atoms with Gasteiger partial charge in [0, 0.05) is 17.6 Å². The Morgan fingerprint density at radius 2 is 2.16 bits per heavy atom. The quantitative estimate of drug-likeness (QED) is 0.794. The van der Waals surface area contributed by atoms with Gasteiger partial charge in [-0.05, 0) is 19.4 Å². The highest BCUT2D eigenvalue weighted by molar-refractivity contribution is 7.18. The fourth-order valence-electron chi connectivity index (χ4n) is 1.88. The number of aromatic nitrogens is 3. The number of nitrogens with zero attached hydrogens (tertiary/aromatic N) is 3. The number of thiazole rings is 1. The lowest BCUT2D eigenvalue weighted by molar-refractivity contribution is 1.15. The Bertz CT molecular complexity index is 688. The van der Waals surface area contributed by atoms with Gasteiger partial charge in [0.25, 0.3) is 0 Å². The first kappa shape index (κ1) is 12.5. The van der Waals surface area contributed by atoms with Crippen LogP contribution in [0.5, 0.6) is 0 Å². The van der Waals surface area contributed by atoms with Gasteiger partial charge < -0.3 is 5.32 Å². The van der Waals surface area contributed by atoms with E-state index in [0.717, 1.165) is 39.7 Å². The summed E-state index contributed by atoms with van der Waals surface area (Å²) in [7, 11) is 0. The molecule has 0 aliphatic heterocycles. The van der Waals surface area contributed by atoms with Crippen molar-refractivity contribution < 1.29 is 0 Å². The third-order valence-electron chi connectivity index (χ3n) is 2.79. The molecular formula is C13H14N4S2. The molecule has 0 saturated heterocycles. The largest absolute Gasteiger partial charge is 0.370 e. The van der Waals surface area contributed by atoms with Gasteiger partial charge in [0.15, 0.2) is 5.82 Å². The maximum absolute atomic E-state index is 4.67. The second-order valence-corrected chi connectivity index (χ2v) is 6.08. The first-order valence-electron chi connectivity index (χ1n) is 6.25. The van der Waals surface area contributed by atoms with Crippen LogP contribution in [0.15, 0.2) is 17.8 Å². The second kappa shape index (κ2) is 5.22. The summed E-state index contributed by atoms with van der Waals surface area (Å²) >= 11 is 3.31. The summed E-state index contributed by atoms with van der Waals surface area (Å²) in [5.74, 6) is 1.68. The third-order valence-corrected chi connectivity index (χ3v) is 4.73. The summed E-state index contributed by atoms with van der Waals surface area (Å²) < 4.78 is 0. The van der Waals surface area contributed by atoms with Crippen LogP contribution in [0.25, 0.3) is 20.9 Å². The van der Waals surface area contributed by atoms with Crippen molar-refractivity contribution in [1.29, 1.82) is 0 Å². The van der Waals surface area contributed by atoms with E-state index in [9.17, 15) is 0 Å². The van der Waals surface area contributed by atoms with Crippen molar-refractivity contribution in [2.24, 2.45) is 0 Å². The lowest BCUT2D eigenvalue weighted by Gasteiger charge is -2.05. The zero-order chi connectivity index (χ0) is 13.2. The van der Waals surface area contributed by atoms with E-state index in [1.807, 2.05) is 11.7 Å². The van der Waals surface area contributed by atoms with Crippen molar-refractivity contribution in [3.05, 3.63) is 22.7 Å². The highest BCUT2D eigenvalue weighted by atomic mass is 32.1. The molecule has 0 amide bonds. The van der Waals surface area contributed by atoms with Crippen LogP contribution in [0.1, 0.15) is 18.7 Å². The number of hydrogen-bond acceptors (Lipinski definition) is 6. The Morgan fingerprint density at radius 3 is 2.84 bits per heavy atom. The van der Waals surface area contributed by atoms with E-state index >= 15 is 0 Å². The summed E-state index contributed by atoms with van der Waals surface area (Å²) in [6, 6.07) is 2.19. The first-order chi connectivity index (χ1) is 9.31. The average molecular weight is 290 g/mol. The molecule has 1 N–H and O–H groups in total. The highest BCUT2D eigenvalue weighted by Gasteiger charge is 2.12. The Morgan fingerprint density at radius 1 is 1.26 bits per heavy atom. The Labute approximate surface area is 119 Å². The maximum Gasteiger partial charge on any atom is 0.174 e. The normalized spacial score (nSPS) is 11.1. The molecule has 0 aromatic carbocycles. The molecule has 4 nitrogen and oxygen atoms in total. The van der Waals surface area contributed by atoms with E-state index in [1.165, 1.54) is 4.88 Å². The van der Waals surface area contributed by atoms with E-state index in [1.54, 1.807) is 22.7 Å². The molecule has 0 aliphatic carbocycles. The molecule has 3 aromatic heterocycles. The maximum atomic E-state index is 4.67. The van der Waals surface area contributed by atoms with Crippen molar-refractivity contribution in [1.82, 2.24) is 15.0 Å². The van der Waals surface area contributed by atoms with Crippen LogP contribution in [-0.4, -0.2) is 21.5 Å². The van der Waals surface area contributed by atoms with Crippen LogP contribution < -0.4 is 5.32 Å². The van der Waals surface area contributed by atoms with Crippen molar-refractivity contribution in [3.8, 4) is 10.7 Å². The van der Waals surface area contributed by atoms with Gasteiger partial charge in [-0.25, -0.2) is 9.97 Å². The van der Waals surface area contributed by atoms with Gasteiger partial charge >= 0.3 is 0 Å². The summed E-state index contributed by atoms with van der Waals surface area (Å²) in [5, 5.41) is 4.45. The van der Waals surface area contributed by atoms with Crippen LogP contribution in [0.2, 0.25) is 0 Å². The van der Waals surface area contributed by atoms with Crippen molar-refractivity contribution >= 4 is 38.7 Å². The van der Waals surface area contributed by atoms with Crippen molar-refractivity contribution in [3.63, 3.8) is 0 Å². The second-order valence-electron chi connectivity index (χ2n) is 4.08. The number of fused-ring (bicyclic) bond motifs is 1. The summed E-state index contributed by atoms with van der Waals surface area (Å²) in [6.07, 6.45) is 2.85. The van der Waals surface area contributed by atoms with Crippen molar-refractivity contribution in [2.45, 2.75) is 20.3 Å². The van der Waals surface area contributed by atoms with Crippen LogP contribution in [-0.2, 0) is 6.42 Å².